The first-order valence-corrected chi connectivity index (χ1v) is 11.9. The summed E-state index contributed by atoms with van der Waals surface area (Å²) in [6.45, 7) is 9.64. The average Bonchev–Trinajstić information content (AvgIpc) is 3.22. The Balaban J connectivity index is 2.07. The summed E-state index contributed by atoms with van der Waals surface area (Å²) in [6.07, 6.45) is 1.10. The van der Waals surface area contributed by atoms with Crippen molar-refractivity contribution in [3.63, 3.8) is 0 Å². The molecule has 0 spiro atoms. The molecular weight excluding hydrogens is 448 g/mol. The number of methoxy groups -OCH3 is 1. The van der Waals surface area contributed by atoms with Gasteiger partial charge in [0.2, 0.25) is 17.7 Å². The first-order valence-electron chi connectivity index (χ1n) is 11.9. The van der Waals surface area contributed by atoms with Gasteiger partial charge in [-0.25, -0.2) is 0 Å². The van der Waals surface area contributed by atoms with Gasteiger partial charge in [-0.15, -0.1) is 0 Å². The van der Waals surface area contributed by atoms with Gasteiger partial charge in [-0.05, 0) is 43.4 Å². The van der Waals surface area contributed by atoms with E-state index >= 15 is 0 Å². The van der Waals surface area contributed by atoms with Crippen molar-refractivity contribution in [3.05, 3.63) is 41.1 Å². The third-order valence-electron chi connectivity index (χ3n) is 6.11. The minimum atomic E-state index is -0.817. The second kappa shape index (κ2) is 13.2. The third kappa shape index (κ3) is 7.73. The number of hydrogen-bond acceptors (Lipinski definition) is 6. The van der Waals surface area contributed by atoms with Crippen LogP contribution in [0.5, 0.6) is 0 Å². The second-order valence-electron chi connectivity index (χ2n) is 9.13. The monoisotopic (exact) mass is 486 g/mol. The number of aliphatic imine (C=N–C) groups is 1. The SMILES string of the molecule is CC=N/C(C)=C(\C)c1ccc(CNC(=O)[C@@H]2C[C@@H](O)CN2C(=O)[C@@H](NC(=O)COC)C(C)C)cc1. The minimum Gasteiger partial charge on any atom is -0.391 e. The first kappa shape index (κ1) is 28.2. The van der Waals surface area contributed by atoms with Crippen LogP contribution in [0.4, 0.5) is 0 Å². The summed E-state index contributed by atoms with van der Waals surface area (Å²) in [5.41, 5.74) is 3.98. The normalized spacial score (nSPS) is 19.6. The highest BCUT2D eigenvalue weighted by Crippen LogP contribution is 2.22. The van der Waals surface area contributed by atoms with Crippen molar-refractivity contribution in [1.82, 2.24) is 15.5 Å². The molecular formula is C26H38N4O5. The molecule has 3 atom stereocenters. The Labute approximate surface area is 207 Å². The van der Waals surface area contributed by atoms with Crippen molar-refractivity contribution >= 4 is 29.5 Å². The molecule has 1 fully saturated rings. The number of β-amino-alcohol motifs (C(OH)–C–C–N with tert-alkyl or cyclic N) is 1. The van der Waals surface area contributed by atoms with Gasteiger partial charge in [-0.3, -0.25) is 19.4 Å². The van der Waals surface area contributed by atoms with Crippen LogP contribution in [0.1, 0.15) is 52.2 Å². The number of aliphatic hydroxyl groups excluding tert-OH is 1. The highest BCUT2D eigenvalue weighted by Gasteiger charge is 2.42. The largest absolute Gasteiger partial charge is 0.391 e. The Morgan fingerprint density at radius 1 is 1.23 bits per heavy atom. The van der Waals surface area contributed by atoms with Gasteiger partial charge in [0.25, 0.3) is 0 Å². The zero-order chi connectivity index (χ0) is 26.1. The molecule has 9 heteroatoms. The van der Waals surface area contributed by atoms with Crippen LogP contribution < -0.4 is 10.6 Å². The van der Waals surface area contributed by atoms with E-state index in [1.54, 1.807) is 6.21 Å². The van der Waals surface area contributed by atoms with Gasteiger partial charge in [-0.2, -0.15) is 0 Å². The molecule has 2 rings (SSSR count). The molecule has 1 aliphatic heterocycles. The summed E-state index contributed by atoms with van der Waals surface area (Å²) < 4.78 is 4.83. The summed E-state index contributed by atoms with van der Waals surface area (Å²) in [6, 6.07) is 6.22. The first-order chi connectivity index (χ1) is 16.6. The van der Waals surface area contributed by atoms with Crippen LogP contribution in [0.25, 0.3) is 5.57 Å². The van der Waals surface area contributed by atoms with E-state index in [9.17, 15) is 19.5 Å². The number of benzene rings is 1. The third-order valence-corrected chi connectivity index (χ3v) is 6.11. The molecule has 3 amide bonds. The number of rotatable bonds is 10. The topological polar surface area (TPSA) is 120 Å². The van der Waals surface area contributed by atoms with Crippen molar-refractivity contribution < 1.29 is 24.2 Å². The van der Waals surface area contributed by atoms with E-state index in [0.717, 1.165) is 22.4 Å². The van der Waals surface area contributed by atoms with Gasteiger partial charge >= 0.3 is 0 Å². The standard InChI is InChI=1S/C26H38N4O5/c1-7-27-18(5)17(4)20-10-8-19(9-11-20)13-28-25(33)22-12-21(31)14-30(22)26(34)24(16(2)3)29-23(32)15-35-6/h7-11,16,21-22,24,31H,12-15H2,1-6H3,(H,28,33)(H,29,32)/b18-17+,27-7?/t21-,22+,24+/m1/s1. The molecule has 1 saturated heterocycles. The van der Waals surface area contributed by atoms with Gasteiger partial charge in [-0.1, -0.05) is 38.1 Å². The van der Waals surface area contributed by atoms with Gasteiger partial charge in [0.05, 0.1) is 6.10 Å². The average molecular weight is 487 g/mol. The van der Waals surface area contributed by atoms with Crippen LogP contribution in [0, 0.1) is 5.92 Å². The highest BCUT2D eigenvalue weighted by molar-refractivity contribution is 5.93. The number of likely N-dealkylation sites (tertiary alicyclic amines) is 1. The van der Waals surface area contributed by atoms with E-state index < -0.39 is 30.0 Å². The van der Waals surface area contributed by atoms with Crippen LogP contribution in [0.3, 0.4) is 0 Å². The zero-order valence-corrected chi connectivity index (χ0v) is 21.5. The lowest BCUT2D eigenvalue weighted by atomic mass is 10.0. The predicted octanol–water partition coefficient (Wildman–Crippen LogP) is 1.89. The van der Waals surface area contributed by atoms with E-state index in [0.29, 0.717) is 6.54 Å². The van der Waals surface area contributed by atoms with Gasteiger partial charge in [0.15, 0.2) is 0 Å². The van der Waals surface area contributed by atoms with Crippen molar-refractivity contribution in [1.29, 1.82) is 0 Å². The molecule has 0 aromatic heterocycles. The number of ether oxygens (including phenoxy) is 1. The molecule has 0 radical (unpaired) electrons. The Bertz CT molecular complexity index is 955. The van der Waals surface area contributed by atoms with Crippen molar-refractivity contribution in [2.75, 3.05) is 20.3 Å². The van der Waals surface area contributed by atoms with Crippen LogP contribution >= 0.6 is 0 Å². The fourth-order valence-corrected chi connectivity index (χ4v) is 4.02. The molecule has 3 N–H and O–H groups in total. The van der Waals surface area contributed by atoms with E-state index in [2.05, 4.69) is 15.6 Å². The van der Waals surface area contributed by atoms with E-state index in [-0.39, 0.29) is 31.4 Å². The van der Waals surface area contributed by atoms with E-state index in [1.807, 2.05) is 58.9 Å². The Kier molecular flexibility index (Phi) is 10.6. The smallest absolute Gasteiger partial charge is 0.246 e. The fraction of sp³-hybridized carbons (Fsp3) is 0.538. The van der Waals surface area contributed by atoms with Crippen molar-refractivity contribution in [2.45, 2.75) is 65.8 Å². The number of nitrogens with one attached hydrogen (secondary N) is 2. The molecule has 0 unspecified atom stereocenters. The molecule has 1 heterocycles. The maximum Gasteiger partial charge on any atom is 0.246 e. The molecule has 0 saturated carbocycles. The van der Waals surface area contributed by atoms with Gasteiger partial charge in [0, 0.05) is 38.5 Å². The van der Waals surface area contributed by atoms with Crippen LogP contribution in [-0.2, 0) is 25.7 Å². The lowest BCUT2D eigenvalue weighted by Gasteiger charge is -2.30. The Morgan fingerprint density at radius 2 is 1.89 bits per heavy atom. The maximum atomic E-state index is 13.2. The molecule has 35 heavy (non-hydrogen) atoms. The van der Waals surface area contributed by atoms with Crippen LogP contribution in [-0.4, -0.2) is 72.4 Å². The molecule has 1 aliphatic rings. The zero-order valence-electron chi connectivity index (χ0n) is 21.5. The summed E-state index contributed by atoms with van der Waals surface area (Å²) in [5.74, 6) is -1.34. The predicted molar refractivity (Wildman–Crippen MR) is 135 cm³/mol. The summed E-state index contributed by atoms with van der Waals surface area (Å²) in [7, 11) is 1.40. The number of hydrogen-bond donors (Lipinski definition) is 3. The number of carbonyl (C=O) groups excluding carboxylic acids is 3. The Hall–Kier alpha value is -3.04. The summed E-state index contributed by atoms with van der Waals surface area (Å²) in [4.78, 5) is 43.9. The number of allylic oxidation sites excluding steroid dienone is 2. The van der Waals surface area contributed by atoms with E-state index in [4.69, 9.17) is 4.74 Å². The Morgan fingerprint density at radius 3 is 2.46 bits per heavy atom. The van der Waals surface area contributed by atoms with Crippen LogP contribution in [0.15, 0.2) is 35.0 Å². The van der Waals surface area contributed by atoms with Gasteiger partial charge in [0.1, 0.15) is 18.7 Å². The summed E-state index contributed by atoms with van der Waals surface area (Å²) in [5, 5.41) is 15.8. The lowest BCUT2D eigenvalue weighted by Crippen LogP contribution is -2.55. The van der Waals surface area contributed by atoms with E-state index in [1.165, 1.54) is 12.0 Å². The number of amides is 3. The second-order valence-corrected chi connectivity index (χ2v) is 9.13. The van der Waals surface area contributed by atoms with Crippen molar-refractivity contribution in [3.8, 4) is 0 Å². The number of nitrogens with zero attached hydrogens (tertiary/aromatic N) is 2. The lowest BCUT2D eigenvalue weighted by molar-refractivity contribution is -0.143. The number of carbonyl (C=O) groups is 3. The number of aliphatic hydroxyl groups is 1. The molecule has 1 aromatic rings. The molecule has 192 valence electrons. The summed E-state index contributed by atoms with van der Waals surface area (Å²) >= 11 is 0. The minimum absolute atomic E-state index is 0.0419. The fourth-order valence-electron chi connectivity index (χ4n) is 4.02. The van der Waals surface area contributed by atoms with Crippen LogP contribution in [0.2, 0.25) is 0 Å². The highest BCUT2D eigenvalue weighted by atomic mass is 16.5. The molecule has 9 nitrogen and oxygen atoms in total. The molecule has 1 aromatic carbocycles. The van der Waals surface area contributed by atoms with Gasteiger partial charge < -0.3 is 25.4 Å². The van der Waals surface area contributed by atoms with Crippen molar-refractivity contribution in [2.24, 2.45) is 10.9 Å². The molecule has 0 bridgehead atoms. The quantitative estimate of drug-likeness (QED) is 0.436. The maximum absolute atomic E-state index is 13.2. The molecule has 0 aliphatic carbocycles.